The highest BCUT2D eigenvalue weighted by atomic mass is 32.2. The Hall–Kier alpha value is -2.45. The summed E-state index contributed by atoms with van der Waals surface area (Å²) in [4.78, 5) is 27.9. The Morgan fingerprint density at radius 3 is 2.71 bits per heavy atom. The van der Waals surface area contributed by atoms with Crippen LogP contribution in [0.15, 0.2) is 47.4 Å². The molecule has 122 valence electrons. The molecule has 0 bridgehead atoms. The first-order valence-corrected chi connectivity index (χ1v) is 9.07. The number of anilines is 1. The van der Waals surface area contributed by atoms with Crippen molar-refractivity contribution in [3.63, 3.8) is 0 Å². The van der Waals surface area contributed by atoms with Crippen molar-refractivity contribution in [1.29, 1.82) is 0 Å². The van der Waals surface area contributed by atoms with E-state index in [9.17, 15) is 14.9 Å². The molecule has 8 heteroatoms. The van der Waals surface area contributed by atoms with Crippen molar-refractivity contribution >= 4 is 50.0 Å². The molecule has 1 N–H and O–H groups in total. The fourth-order valence-electron chi connectivity index (χ4n) is 2.23. The third-order valence-corrected chi connectivity index (χ3v) is 5.07. The molecule has 0 aliphatic heterocycles. The maximum atomic E-state index is 12.1. The molecule has 0 spiro atoms. The third-order valence-electron chi connectivity index (χ3n) is 3.36. The zero-order chi connectivity index (χ0) is 17.1. The second-order valence-corrected chi connectivity index (χ2v) is 6.85. The highest BCUT2D eigenvalue weighted by molar-refractivity contribution is 7.98. The molecule has 0 saturated carbocycles. The number of amides is 1. The first-order chi connectivity index (χ1) is 11.6. The van der Waals surface area contributed by atoms with Crippen LogP contribution < -0.4 is 5.32 Å². The number of fused-ring (bicyclic) bond motifs is 1. The van der Waals surface area contributed by atoms with Gasteiger partial charge in [-0.3, -0.25) is 14.9 Å². The number of carbonyl (C=O) groups excluding carboxylic acids is 1. The van der Waals surface area contributed by atoms with Gasteiger partial charge in [0, 0.05) is 17.0 Å². The normalized spacial score (nSPS) is 10.7. The van der Waals surface area contributed by atoms with Crippen molar-refractivity contribution in [2.75, 3.05) is 11.6 Å². The number of carbonyl (C=O) groups is 1. The van der Waals surface area contributed by atoms with Gasteiger partial charge in [0.15, 0.2) is 5.13 Å². The van der Waals surface area contributed by atoms with E-state index in [-0.39, 0.29) is 18.0 Å². The lowest BCUT2D eigenvalue weighted by molar-refractivity contribution is -0.384. The largest absolute Gasteiger partial charge is 0.302 e. The number of nitro groups is 1. The number of aromatic nitrogens is 1. The van der Waals surface area contributed by atoms with E-state index < -0.39 is 4.92 Å². The van der Waals surface area contributed by atoms with Gasteiger partial charge in [-0.15, -0.1) is 11.8 Å². The van der Waals surface area contributed by atoms with Gasteiger partial charge in [-0.2, -0.15) is 0 Å². The van der Waals surface area contributed by atoms with Crippen LogP contribution in [0.1, 0.15) is 5.56 Å². The smallest absolute Gasteiger partial charge is 0.269 e. The quantitative estimate of drug-likeness (QED) is 0.421. The number of nitro benzene ring substituents is 1. The molecule has 1 aromatic heterocycles. The van der Waals surface area contributed by atoms with Gasteiger partial charge in [-0.25, -0.2) is 4.98 Å². The molecular weight excluding hydrogens is 346 g/mol. The molecule has 6 nitrogen and oxygen atoms in total. The topological polar surface area (TPSA) is 85.1 Å². The number of nitrogens with zero attached hydrogens (tertiary/aromatic N) is 2. The average molecular weight is 359 g/mol. The van der Waals surface area contributed by atoms with Crippen LogP contribution in [0.25, 0.3) is 10.2 Å². The number of hydrogen-bond donors (Lipinski definition) is 1. The van der Waals surface area contributed by atoms with Gasteiger partial charge < -0.3 is 5.32 Å². The summed E-state index contributed by atoms with van der Waals surface area (Å²) in [6.07, 6.45) is 2.13. The van der Waals surface area contributed by atoms with Gasteiger partial charge in [-0.05, 0) is 24.0 Å². The van der Waals surface area contributed by atoms with E-state index in [1.165, 1.54) is 23.5 Å². The standard InChI is InChI=1S/C16H13N3O3S2/c1-23-12-3-2-4-13-15(12)18-16(24-13)17-14(20)9-10-5-7-11(8-6-10)19(21)22/h2-8H,9H2,1H3,(H,17,18,20). The fourth-order valence-corrected chi connectivity index (χ4v) is 3.76. The average Bonchev–Trinajstić information content (AvgIpc) is 2.97. The molecule has 0 atom stereocenters. The molecule has 0 aliphatic rings. The number of hydrogen-bond acceptors (Lipinski definition) is 6. The van der Waals surface area contributed by atoms with Gasteiger partial charge in [0.2, 0.25) is 5.91 Å². The number of benzene rings is 2. The van der Waals surface area contributed by atoms with Crippen LogP contribution in [0, 0.1) is 10.1 Å². The summed E-state index contributed by atoms with van der Waals surface area (Å²) in [6, 6.07) is 11.9. The van der Waals surface area contributed by atoms with E-state index in [0.29, 0.717) is 10.7 Å². The van der Waals surface area contributed by atoms with E-state index in [2.05, 4.69) is 10.3 Å². The minimum Gasteiger partial charge on any atom is -0.302 e. The van der Waals surface area contributed by atoms with Crippen molar-refractivity contribution in [1.82, 2.24) is 4.98 Å². The Labute approximate surface area is 146 Å². The molecule has 0 radical (unpaired) electrons. The first kappa shape index (κ1) is 16.4. The third kappa shape index (κ3) is 3.55. The van der Waals surface area contributed by atoms with Crippen molar-refractivity contribution in [2.24, 2.45) is 0 Å². The van der Waals surface area contributed by atoms with Crippen LogP contribution in [0.2, 0.25) is 0 Å². The van der Waals surface area contributed by atoms with Crippen LogP contribution in [0.3, 0.4) is 0 Å². The molecule has 3 rings (SSSR count). The molecular formula is C16H13N3O3S2. The Morgan fingerprint density at radius 2 is 2.04 bits per heavy atom. The maximum Gasteiger partial charge on any atom is 0.269 e. The number of thiazole rings is 1. The first-order valence-electron chi connectivity index (χ1n) is 7.03. The number of thioether (sulfide) groups is 1. The van der Waals surface area contributed by atoms with E-state index in [0.717, 1.165) is 15.1 Å². The number of nitrogens with one attached hydrogen (secondary N) is 1. The Morgan fingerprint density at radius 1 is 1.29 bits per heavy atom. The molecule has 2 aromatic carbocycles. The minimum atomic E-state index is -0.464. The number of non-ortho nitro benzene ring substituents is 1. The summed E-state index contributed by atoms with van der Waals surface area (Å²) in [7, 11) is 0. The Balaban J connectivity index is 1.71. The fraction of sp³-hybridized carbons (Fsp3) is 0.125. The predicted molar refractivity (Wildman–Crippen MR) is 96.8 cm³/mol. The molecule has 1 amide bonds. The summed E-state index contributed by atoms with van der Waals surface area (Å²) in [5, 5.41) is 14.0. The molecule has 1 heterocycles. The van der Waals surface area contributed by atoms with Gasteiger partial charge in [0.25, 0.3) is 5.69 Å². The summed E-state index contributed by atoms with van der Waals surface area (Å²) in [6.45, 7) is 0. The van der Waals surface area contributed by atoms with Gasteiger partial charge in [0.05, 0.1) is 21.6 Å². The zero-order valence-corrected chi connectivity index (χ0v) is 14.3. The number of rotatable bonds is 5. The van der Waals surface area contributed by atoms with Crippen molar-refractivity contribution in [3.8, 4) is 0 Å². The van der Waals surface area contributed by atoms with Crippen LogP contribution in [-0.4, -0.2) is 22.1 Å². The van der Waals surface area contributed by atoms with E-state index in [4.69, 9.17) is 0 Å². The maximum absolute atomic E-state index is 12.1. The molecule has 0 fully saturated rings. The molecule has 0 saturated heterocycles. The van der Waals surface area contributed by atoms with Crippen LogP contribution in [0.5, 0.6) is 0 Å². The Bertz CT molecular complexity index is 907. The molecule has 24 heavy (non-hydrogen) atoms. The monoisotopic (exact) mass is 359 g/mol. The predicted octanol–water partition coefficient (Wildman–Crippen LogP) is 4.11. The highest BCUT2D eigenvalue weighted by Gasteiger charge is 2.11. The molecule has 3 aromatic rings. The Kier molecular flexibility index (Phi) is 4.77. The van der Waals surface area contributed by atoms with Gasteiger partial charge in [-0.1, -0.05) is 29.5 Å². The van der Waals surface area contributed by atoms with Crippen molar-refractivity contribution in [2.45, 2.75) is 11.3 Å². The van der Waals surface area contributed by atoms with Crippen LogP contribution >= 0.6 is 23.1 Å². The summed E-state index contributed by atoms with van der Waals surface area (Å²) in [5.74, 6) is -0.200. The van der Waals surface area contributed by atoms with Crippen LogP contribution in [0.4, 0.5) is 10.8 Å². The lowest BCUT2D eigenvalue weighted by Gasteiger charge is -2.01. The molecule has 0 unspecified atom stereocenters. The van der Waals surface area contributed by atoms with Crippen LogP contribution in [-0.2, 0) is 11.2 Å². The molecule has 0 aliphatic carbocycles. The lowest BCUT2D eigenvalue weighted by atomic mass is 10.1. The summed E-state index contributed by atoms with van der Waals surface area (Å²) in [5.41, 5.74) is 1.61. The van der Waals surface area contributed by atoms with E-state index >= 15 is 0 Å². The van der Waals surface area contributed by atoms with E-state index in [1.807, 2.05) is 24.5 Å². The van der Waals surface area contributed by atoms with E-state index in [1.54, 1.807) is 23.9 Å². The zero-order valence-electron chi connectivity index (χ0n) is 12.7. The lowest BCUT2D eigenvalue weighted by Crippen LogP contribution is -2.14. The summed E-state index contributed by atoms with van der Waals surface area (Å²) < 4.78 is 1.02. The van der Waals surface area contributed by atoms with Crippen molar-refractivity contribution in [3.05, 3.63) is 58.1 Å². The van der Waals surface area contributed by atoms with Gasteiger partial charge in [0.1, 0.15) is 0 Å². The highest BCUT2D eigenvalue weighted by Crippen LogP contribution is 2.32. The number of para-hydroxylation sites is 1. The van der Waals surface area contributed by atoms with Crippen molar-refractivity contribution < 1.29 is 9.72 Å². The second-order valence-electron chi connectivity index (χ2n) is 4.97. The summed E-state index contributed by atoms with van der Waals surface area (Å²) >= 11 is 3.04. The van der Waals surface area contributed by atoms with Gasteiger partial charge >= 0.3 is 0 Å². The second kappa shape index (κ2) is 6.98. The minimum absolute atomic E-state index is 0.00919. The SMILES string of the molecule is CSc1cccc2sc(NC(=O)Cc3ccc([N+](=O)[O-])cc3)nc12.